The maximum atomic E-state index is 11.2. The summed E-state index contributed by atoms with van der Waals surface area (Å²) in [6.45, 7) is -0.626. The van der Waals surface area contributed by atoms with E-state index in [1.165, 1.54) is 0 Å². The first-order valence-corrected chi connectivity index (χ1v) is 3.73. The molecule has 0 radical (unpaired) electrons. The van der Waals surface area contributed by atoms with Crippen LogP contribution in [0.4, 0.5) is 0 Å². The molecule has 0 saturated carbocycles. The Morgan fingerprint density at radius 2 is 2.07 bits per heavy atom. The minimum Gasteiger partial charge on any atom is -0.427 e. The van der Waals surface area contributed by atoms with Gasteiger partial charge in [-0.25, -0.2) is 10.7 Å². The van der Waals surface area contributed by atoms with Crippen LogP contribution in [0.15, 0.2) is 5.18 Å². The van der Waals surface area contributed by atoms with Gasteiger partial charge in [0.2, 0.25) is 0 Å². The zero-order valence-electron chi connectivity index (χ0n) is 7.34. The third-order valence-electron chi connectivity index (χ3n) is 1.89. The summed E-state index contributed by atoms with van der Waals surface area (Å²) in [5.41, 5.74) is 2.94. The monoisotopic (exact) mass is 217 g/mol. The first-order chi connectivity index (χ1) is 6.97. The quantitative estimate of drug-likeness (QED) is 0.224. The molecule has 1 heterocycles. The fourth-order valence-electron chi connectivity index (χ4n) is 1.08. The summed E-state index contributed by atoms with van der Waals surface area (Å²) in [5, 5.41) is 2.39. The second-order valence-electron chi connectivity index (χ2n) is 2.78. The smallest absolute Gasteiger partial charge is 0.385 e. The van der Waals surface area contributed by atoms with Crippen molar-refractivity contribution < 1.29 is 24.0 Å². The predicted molar refractivity (Wildman–Crippen MR) is 42.7 cm³/mol. The van der Waals surface area contributed by atoms with Gasteiger partial charge in [-0.3, -0.25) is 20.2 Å². The first kappa shape index (κ1) is 11.4. The van der Waals surface area contributed by atoms with Crippen LogP contribution in [0, 0.1) is 4.91 Å². The largest absolute Gasteiger partial charge is 0.427 e. The Kier molecular flexibility index (Phi) is 2.88. The molecule has 15 heavy (non-hydrogen) atoms. The number of esters is 1. The number of nitrogens with zero attached hydrogens (tertiary/aromatic N) is 1. The number of carbonyl (C=O) groups is 3. The number of cyclic esters (lactones) is 1. The Bertz CT molecular complexity index is 342. The summed E-state index contributed by atoms with van der Waals surface area (Å²) in [7, 11) is 0. The van der Waals surface area contributed by atoms with Crippen molar-refractivity contribution in [1.29, 1.82) is 0 Å². The second kappa shape index (κ2) is 3.81. The molecule has 0 unspecified atom stereocenters. The number of Topliss-reactive ketones (excluding diaryl/α,β-unsaturated/α-hetero) is 2. The minimum atomic E-state index is -2.36. The zero-order chi connectivity index (χ0) is 11.6. The number of carbonyl (C=O) groups excluding carboxylic acids is 3. The van der Waals surface area contributed by atoms with Gasteiger partial charge in [0, 0.05) is 0 Å². The molecule has 1 saturated heterocycles. The number of hydrogen-bond donors (Lipinski definition) is 2. The Hall–Kier alpha value is -1.71. The summed E-state index contributed by atoms with van der Waals surface area (Å²) in [5.74, 6) is 0.611. The second-order valence-corrected chi connectivity index (χ2v) is 2.78. The van der Waals surface area contributed by atoms with Crippen LogP contribution in [0.25, 0.3) is 0 Å². The molecule has 9 nitrogen and oxygen atoms in total. The SMILES string of the molecule is NO[C@@H](CN=O)[C@@]1(N)OC(=O)C(=O)C1=O. The molecular weight excluding hydrogens is 210 g/mol. The van der Waals surface area contributed by atoms with E-state index in [4.69, 9.17) is 11.6 Å². The highest BCUT2D eigenvalue weighted by atomic mass is 16.7. The van der Waals surface area contributed by atoms with E-state index in [1.54, 1.807) is 0 Å². The molecular formula is C6H7N3O6. The van der Waals surface area contributed by atoms with Crippen LogP contribution >= 0.6 is 0 Å². The lowest BCUT2D eigenvalue weighted by molar-refractivity contribution is -0.168. The van der Waals surface area contributed by atoms with Gasteiger partial charge in [0.05, 0.1) is 0 Å². The fraction of sp³-hybridized carbons (Fsp3) is 0.500. The van der Waals surface area contributed by atoms with Crippen LogP contribution in [-0.4, -0.2) is 35.9 Å². The molecule has 0 spiro atoms. The van der Waals surface area contributed by atoms with E-state index in [-0.39, 0.29) is 0 Å². The van der Waals surface area contributed by atoms with Gasteiger partial charge in [-0.2, -0.15) is 4.91 Å². The van der Waals surface area contributed by atoms with Crippen LogP contribution in [-0.2, 0) is 24.0 Å². The molecule has 0 aliphatic carbocycles. The van der Waals surface area contributed by atoms with E-state index in [0.29, 0.717) is 0 Å². The lowest BCUT2D eigenvalue weighted by Crippen LogP contribution is -2.59. The average molecular weight is 217 g/mol. The van der Waals surface area contributed by atoms with E-state index in [2.05, 4.69) is 14.8 Å². The van der Waals surface area contributed by atoms with Gasteiger partial charge in [-0.1, -0.05) is 5.18 Å². The van der Waals surface area contributed by atoms with Crippen molar-refractivity contribution in [2.24, 2.45) is 16.8 Å². The van der Waals surface area contributed by atoms with Gasteiger partial charge < -0.3 is 4.74 Å². The van der Waals surface area contributed by atoms with Crippen molar-refractivity contribution >= 4 is 17.5 Å². The van der Waals surface area contributed by atoms with Crippen LogP contribution in [0.2, 0.25) is 0 Å². The number of rotatable bonds is 4. The summed E-state index contributed by atoms with van der Waals surface area (Å²) < 4.78 is 4.31. The highest BCUT2D eigenvalue weighted by molar-refractivity contribution is 6.66. The molecule has 0 aromatic rings. The van der Waals surface area contributed by atoms with Crippen LogP contribution in [0.5, 0.6) is 0 Å². The van der Waals surface area contributed by atoms with Gasteiger partial charge in [0.15, 0.2) is 6.10 Å². The van der Waals surface area contributed by atoms with Gasteiger partial charge >= 0.3 is 11.8 Å². The number of ketones is 2. The molecule has 0 aromatic heterocycles. The number of ether oxygens (including phenoxy) is 1. The normalized spacial score (nSPS) is 27.7. The van der Waals surface area contributed by atoms with Crippen molar-refractivity contribution in [3.63, 3.8) is 0 Å². The molecule has 1 rings (SSSR count). The lowest BCUT2D eigenvalue weighted by Gasteiger charge is -2.25. The highest BCUT2D eigenvalue weighted by Gasteiger charge is 2.58. The van der Waals surface area contributed by atoms with E-state index >= 15 is 0 Å². The molecule has 4 N–H and O–H groups in total. The Labute approximate surface area is 82.6 Å². The van der Waals surface area contributed by atoms with Crippen molar-refractivity contribution in [3.8, 4) is 0 Å². The molecule has 1 aliphatic rings. The van der Waals surface area contributed by atoms with Crippen LogP contribution < -0.4 is 11.6 Å². The maximum absolute atomic E-state index is 11.2. The van der Waals surface area contributed by atoms with Gasteiger partial charge in [0.1, 0.15) is 6.54 Å². The van der Waals surface area contributed by atoms with Gasteiger partial charge in [0.25, 0.3) is 11.5 Å². The van der Waals surface area contributed by atoms with Crippen molar-refractivity contribution in [1.82, 2.24) is 0 Å². The third-order valence-corrected chi connectivity index (χ3v) is 1.89. The minimum absolute atomic E-state index is 0.626. The molecule has 82 valence electrons. The molecule has 1 fully saturated rings. The Morgan fingerprint density at radius 3 is 2.40 bits per heavy atom. The van der Waals surface area contributed by atoms with E-state index in [9.17, 15) is 19.3 Å². The highest BCUT2D eigenvalue weighted by Crippen LogP contribution is 2.21. The molecule has 9 heteroatoms. The Balaban J connectivity index is 3.00. The summed E-state index contributed by atoms with van der Waals surface area (Å²) in [4.78, 5) is 46.9. The average Bonchev–Trinajstić information content (AvgIpc) is 2.40. The lowest BCUT2D eigenvalue weighted by atomic mass is 10.0. The van der Waals surface area contributed by atoms with Crippen molar-refractivity contribution in [3.05, 3.63) is 4.91 Å². The van der Waals surface area contributed by atoms with Crippen molar-refractivity contribution in [2.75, 3.05) is 6.54 Å². The molecule has 0 bridgehead atoms. The first-order valence-electron chi connectivity index (χ1n) is 3.73. The molecule has 0 aromatic carbocycles. The van der Waals surface area contributed by atoms with E-state index in [1.807, 2.05) is 0 Å². The zero-order valence-corrected chi connectivity index (χ0v) is 7.34. The fourth-order valence-corrected chi connectivity index (χ4v) is 1.08. The maximum Gasteiger partial charge on any atom is 0.385 e. The van der Waals surface area contributed by atoms with Crippen LogP contribution in [0.3, 0.4) is 0 Å². The Morgan fingerprint density at radius 1 is 1.47 bits per heavy atom. The third kappa shape index (κ3) is 1.63. The number of hydrogen-bond acceptors (Lipinski definition) is 9. The van der Waals surface area contributed by atoms with Gasteiger partial charge in [-0.15, -0.1) is 0 Å². The number of nitroso groups, excluding NO2 is 1. The molecule has 2 atom stereocenters. The summed E-state index contributed by atoms with van der Waals surface area (Å²) in [6, 6.07) is 0. The van der Waals surface area contributed by atoms with E-state index in [0.717, 1.165) is 0 Å². The summed E-state index contributed by atoms with van der Waals surface area (Å²) in [6.07, 6.45) is -1.49. The summed E-state index contributed by atoms with van der Waals surface area (Å²) >= 11 is 0. The molecule has 1 aliphatic heterocycles. The predicted octanol–water partition coefficient (Wildman–Crippen LogP) is -2.64. The van der Waals surface area contributed by atoms with Crippen molar-refractivity contribution in [2.45, 2.75) is 11.8 Å². The number of nitrogens with two attached hydrogens (primary N) is 2. The topological polar surface area (TPSA) is 151 Å². The van der Waals surface area contributed by atoms with E-state index < -0.39 is 35.9 Å². The van der Waals surface area contributed by atoms with Gasteiger partial charge in [-0.05, 0) is 0 Å². The standard InChI is InChI=1S/C6H7N3O6/c7-6(2(15-8)1-9-13)4(11)3(10)5(12)14-6/h2H,1,7-8H2/t2-,6+/m0/s1. The van der Waals surface area contributed by atoms with Crippen LogP contribution in [0.1, 0.15) is 0 Å². The molecule has 0 amide bonds.